The Morgan fingerprint density at radius 3 is 2.41 bits per heavy atom. The average molecular weight is 496 g/mol. The Hall–Kier alpha value is -3.60. The summed E-state index contributed by atoms with van der Waals surface area (Å²) in [6.45, 7) is 2.70. The lowest BCUT2D eigenvalue weighted by atomic mass is 10.1. The third-order valence-electron chi connectivity index (χ3n) is 4.96. The minimum absolute atomic E-state index is 0.0954. The number of carbonyl (C=O) groups is 2. The van der Waals surface area contributed by atoms with Crippen molar-refractivity contribution in [3.63, 3.8) is 0 Å². The molecule has 11 heteroatoms. The molecule has 6 nitrogen and oxygen atoms in total. The highest BCUT2D eigenvalue weighted by Crippen LogP contribution is 2.34. The molecule has 0 aliphatic carbocycles. The van der Waals surface area contributed by atoms with E-state index in [1.54, 1.807) is 0 Å². The molecule has 1 heterocycles. The van der Waals surface area contributed by atoms with E-state index in [0.29, 0.717) is 17.8 Å². The molecule has 0 unspecified atom stereocenters. The van der Waals surface area contributed by atoms with E-state index in [0.717, 1.165) is 12.1 Å². The number of aromatic nitrogens is 1. The van der Waals surface area contributed by atoms with E-state index in [1.807, 2.05) is 0 Å². The molecule has 34 heavy (non-hydrogen) atoms. The Labute approximate surface area is 193 Å². The number of anilines is 1. The van der Waals surface area contributed by atoms with Crippen LogP contribution in [0.25, 0.3) is 0 Å². The molecule has 1 aromatic heterocycles. The average Bonchev–Trinajstić information content (AvgIpc) is 2.75. The van der Waals surface area contributed by atoms with Gasteiger partial charge in [0.2, 0.25) is 5.88 Å². The molecule has 0 fully saturated rings. The Morgan fingerprint density at radius 2 is 1.79 bits per heavy atom. The van der Waals surface area contributed by atoms with Crippen LogP contribution >= 0.6 is 0 Å². The monoisotopic (exact) mass is 496 g/mol. The third kappa shape index (κ3) is 5.48. The van der Waals surface area contributed by atoms with Crippen LogP contribution in [0.2, 0.25) is 0 Å². The van der Waals surface area contributed by atoms with Crippen molar-refractivity contribution in [3.05, 3.63) is 77.2 Å². The number of alkyl halides is 3. The first-order valence-electron chi connectivity index (χ1n) is 9.81. The van der Waals surface area contributed by atoms with Crippen LogP contribution in [-0.2, 0) is 20.9 Å². The predicted molar refractivity (Wildman–Crippen MR) is 119 cm³/mol. The number of halogens is 4. The van der Waals surface area contributed by atoms with Gasteiger partial charge in [0, 0.05) is 30.0 Å². The van der Waals surface area contributed by atoms with Gasteiger partial charge in [-0.1, -0.05) is 6.07 Å². The first kappa shape index (κ1) is 25.0. The minimum atomic E-state index is -4.78. The smallest absolute Gasteiger partial charge is 0.417 e. The standard InChI is InChI=1S/C23H20F4N2O4S/c1-13-9-16(24)7-8-20(13)33-22-19(10-15(12-28-22)23(25,26)27)21(31)29-17-5-4-6-18(11-17)34(3,32)14(2)30/h4-12,34H,1-3H3,(H,29,31). The lowest BCUT2D eigenvalue weighted by Gasteiger charge is -2.17. The van der Waals surface area contributed by atoms with E-state index in [2.05, 4.69) is 10.3 Å². The van der Waals surface area contributed by atoms with E-state index < -0.39 is 50.0 Å². The topological polar surface area (TPSA) is 85.4 Å². The molecule has 0 spiro atoms. The Morgan fingerprint density at radius 1 is 1.09 bits per heavy atom. The van der Waals surface area contributed by atoms with Crippen LogP contribution in [0.4, 0.5) is 23.2 Å². The van der Waals surface area contributed by atoms with Crippen molar-refractivity contribution >= 4 is 26.6 Å². The van der Waals surface area contributed by atoms with Crippen LogP contribution < -0.4 is 10.1 Å². The van der Waals surface area contributed by atoms with E-state index in [4.69, 9.17) is 4.74 Å². The van der Waals surface area contributed by atoms with Crippen LogP contribution in [0, 0.1) is 12.7 Å². The van der Waals surface area contributed by atoms with Gasteiger partial charge in [-0.3, -0.25) is 13.8 Å². The number of pyridine rings is 1. The highest BCUT2D eigenvalue weighted by atomic mass is 32.2. The van der Waals surface area contributed by atoms with Gasteiger partial charge in [-0.2, -0.15) is 13.2 Å². The van der Waals surface area contributed by atoms with Gasteiger partial charge < -0.3 is 10.1 Å². The second-order valence-electron chi connectivity index (χ2n) is 7.53. The molecule has 1 amide bonds. The summed E-state index contributed by atoms with van der Waals surface area (Å²) >= 11 is 0. The maximum atomic E-state index is 13.4. The number of thiol groups is 1. The summed E-state index contributed by atoms with van der Waals surface area (Å²) in [5.41, 5.74) is -1.27. The summed E-state index contributed by atoms with van der Waals surface area (Å²) in [7, 11) is -3.36. The van der Waals surface area contributed by atoms with Crippen LogP contribution in [0.3, 0.4) is 0 Å². The highest BCUT2D eigenvalue weighted by molar-refractivity contribution is 8.16. The molecule has 0 bridgehead atoms. The van der Waals surface area contributed by atoms with Crippen molar-refractivity contribution in [2.75, 3.05) is 11.6 Å². The lowest BCUT2D eigenvalue weighted by Crippen LogP contribution is -2.20. The van der Waals surface area contributed by atoms with Gasteiger partial charge in [0.05, 0.1) is 5.56 Å². The van der Waals surface area contributed by atoms with Crippen LogP contribution in [0.5, 0.6) is 11.6 Å². The fourth-order valence-corrected chi connectivity index (χ4v) is 4.03. The van der Waals surface area contributed by atoms with Gasteiger partial charge in [-0.25, -0.2) is 9.37 Å². The highest BCUT2D eigenvalue weighted by Gasteiger charge is 2.33. The maximum absolute atomic E-state index is 13.4. The van der Waals surface area contributed by atoms with Crippen molar-refractivity contribution < 1.29 is 36.1 Å². The van der Waals surface area contributed by atoms with Gasteiger partial charge in [0.1, 0.15) is 17.1 Å². The van der Waals surface area contributed by atoms with Crippen molar-refractivity contribution in [2.45, 2.75) is 24.9 Å². The summed E-state index contributed by atoms with van der Waals surface area (Å²) in [5.74, 6) is -1.86. The maximum Gasteiger partial charge on any atom is 0.417 e. The summed E-state index contributed by atoms with van der Waals surface area (Å²) in [4.78, 5) is 28.5. The van der Waals surface area contributed by atoms with E-state index in [9.17, 15) is 31.4 Å². The first-order chi connectivity index (χ1) is 15.8. The number of nitrogens with one attached hydrogen (secondary N) is 1. The molecule has 2 aromatic carbocycles. The summed E-state index contributed by atoms with van der Waals surface area (Å²) in [6.07, 6.45) is -2.97. The van der Waals surface area contributed by atoms with Crippen molar-refractivity contribution in [2.24, 2.45) is 0 Å². The van der Waals surface area contributed by atoms with Gasteiger partial charge in [0.15, 0.2) is 5.12 Å². The summed E-state index contributed by atoms with van der Waals surface area (Å²) < 4.78 is 71.4. The molecule has 3 rings (SSSR count). The normalized spacial score (nSPS) is 12.2. The first-order valence-corrected chi connectivity index (χ1v) is 12.0. The van der Waals surface area contributed by atoms with Gasteiger partial charge in [-0.15, -0.1) is 0 Å². The number of ether oxygens (including phenoxy) is 1. The number of hydrogen-bond acceptors (Lipinski definition) is 5. The van der Waals surface area contributed by atoms with Gasteiger partial charge in [0.25, 0.3) is 5.91 Å². The molecule has 0 aliphatic rings. The van der Waals surface area contributed by atoms with E-state index in [1.165, 1.54) is 50.4 Å². The fraction of sp³-hybridized carbons (Fsp3) is 0.174. The molecule has 0 saturated heterocycles. The Kier molecular flexibility index (Phi) is 6.87. The number of carbonyl (C=O) groups excluding carboxylic acids is 2. The van der Waals surface area contributed by atoms with Crippen molar-refractivity contribution in [3.8, 4) is 11.6 Å². The molecule has 0 saturated carbocycles. The van der Waals surface area contributed by atoms with E-state index >= 15 is 0 Å². The molecule has 0 aliphatic heterocycles. The van der Waals surface area contributed by atoms with Crippen LogP contribution in [0.1, 0.15) is 28.4 Å². The zero-order valence-corrected chi connectivity index (χ0v) is 19.1. The largest absolute Gasteiger partial charge is 0.438 e. The lowest BCUT2D eigenvalue weighted by molar-refractivity contribution is -0.137. The predicted octanol–water partition coefficient (Wildman–Crippen LogP) is 5.14. The number of hydrogen-bond donors (Lipinski definition) is 2. The molecule has 0 radical (unpaired) electrons. The number of amides is 1. The second-order valence-corrected chi connectivity index (χ2v) is 10.5. The quantitative estimate of drug-likeness (QED) is 0.377. The number of benzene rings is 2. The Balaban J connectivity index is 2.00. The fourth-order valence-electron chi connectivity index (χ4n) is 2.91. The van der Waals surface area contributed by atoms with Gasteiger partial charge >= 0.3 is 6.18 Å². The molecule has 1 N–H and O–H groups in total. The molecule has 0 atom stereocenters. The van der Waals surface area contributed by atoms with E-state index in [-0.39, 0.29) is 16.3 Å². The number of nitrogens with zero attached hydrogens (tertiary/aromatic N) is 1. The summed E-state index contributed by atoms with van der Waals surface area (Å²) in [5, 5.41) is 1.88. The minimum Gasteiger partial charge on any atom is -0.438 e. The van der Waals surface area contributed by atoms with Crippen molar-refractivity contribution in [1.82, 2.24) is 4.98 Å². The molecule has 3 aromatic rings. The molecular formula is C23H20F4N2O4S. The summed E-state index contributed by atoms with van der Waals surface area (Å²) in [6, 6.07) is 9.73. The molecular weight excluding hydrogens is 476 g/mol. The Bertz CT molecular complexity index is 1320. The second kappa shape index (κ2) is 9.34. The third-order valence-corrected chi connectivity index (χ3v) is 7.43. The number of aryl methyl sites for hydroxylation is 1. The molecule has 180 valence electrons. The van der Waals surface area contributed by atoms with Gasteiger partial charge in [-0.05, 0) is 64.9 Å². The van der Waals surface area contributed by atoms with Crippen LogP contribution in [-0.4, -0.2) is 26.5 Å². The van der Waals surface area contributed by atoms with Crippen LogP contribution in [0.15, 0.2) is 59.6 Å². The number of rotatable bonds is 5. The SMILES string of the molecule is CC(=O)[SH](C)(=O)c1cccc(NC(=O)c2cc(C(F)(F)F)cnc2Oc2ccc(F)cc2C)c1. The van der Waals surface area contributed by atoms with Crippen molar-refractivity contribution in [1.29, 1.82) is 0 Å². The zero-order valence-electron chi connectivity index (χ0n) is 18.2. The zero-order chi connectivity index (χ0) is 25.3.